The largest absolute Gasteiger partial charge is 0.344 e. The fourth-order valence-corrected chi connectivity index (χ4v) is 7.04. The summed E-state index contributed by atoms with van der Waals surface area (Å²) < 4.78 is 13.5. The van der Waals surface area contributed by atoms with Crippen LogP contribution in [0.3, 0.4) is 0 Å². The van der Waals surface area contributed by atoms with Crippen molar-refractivity contribution in [1.82, 2.24) is 0 Å². The molecule has 2 rings (SSSR count). The molecule has 0 aromatic heterocycles. The predicted molar refractivity (Wildman–Crippen MR) is 199 cm³/mol. The van der Waals surface area contributed by atoms with Crippen LogP contribution in [0.1, 0.15) is 206 Å². The minimum absolute atomic E-state index is 0.274. The maximum Gasteiger partial charge on any atom is 0.169 e. The second kappa shape index (κ2) is 29.1. The molecule has 2 aliphatic rings. The van der Waals surface area contributed by atoms with Crippen molar-refractivity contribution in [3.8, 4) is 0 Å². The van der Waals surface area contributed by atoms with Crippen LogP contribution in [0, 0.1) is 0 Å². The number of allylic oxidation sites excluding steroid dienone is 8. The van der Waals surface area contributed by atoms with Crippen LogP contribution in [0.15, 0.2) is 48.6 Å². The Labute approximate surface area is 282 Å². The highest BCUT2D eigenvalue weighted by Gasteiger charge is 2.47. The molecule has 0 aromatic rings. The van der Waals surface area contributed by atoms with Crippen molar-refractivity contribution in [2.75, 3.05) is 0 Å². The Morgan fingerprint density at radius 2 is 0.756 bits per heavy atom. The molecule has 0 spiro atoms. The molecule has 1 aliphatic heterocycles. The molecule has 1 heterocycles. The highest BCUT2D eigenvalue weighted by molar-refractivity contribution is 4.94. The van der Waals surface area contributed by atoms with Gasteiger partial charge in [-0.1, -0.05) is 152 Å². The monoisotopic (exact) mass is 625 g/mol. The lowest BCUT2D eigenvalue weighted by Crippen LogP contribution is -2.31. The minimum atomic E-state index is -0.274. The first-order valence-corrected chi connectivity index (χ1v) is 20.3. The van der Waals surface area contributed by atoms with Crippen molar-refractivity contribution in [2.24, 2.45) is 0 Å². The molecule has 1 saturated heterocycles. The number of hydrogen-bond acceptors (Lipinski definition) is 2. The number of ether oxygens (including phenoxy) is 2. The Bertz CT molecular complexity index is 698. The number of rotatable bonds is 30. The van der Waals surface area contributed by atoms with Gasteiger partial charge in [-0.25, -0.2) is 0 Å². The SMILES string of the molecule is CCCCC/C=C\C/C=C\CCCCCCCCC1(CCCCCCCC/C=C\C/C=C\CCCCC)O[C@H]2CCCC[C@H]2O1. The van der Waals surface area contributed by atoms with Gasteiger partial charge in [0.1, 0.15) is 0 Å². The second-order valence-electron chi connectivity index (χ2n) is 14.2. The molecule has 1 saturated carbocycles. The summed E-state index contributed by atoms with van der Waals surface area (Å²) in [6.45, 7) is 4.54. The van der Waals surface area contributed by atoms with Crippen molar-refractivity contribution in [2.45, 2.75) is 224 Å². The van der Waals surface area contributed by atoms with Gasteiger partial charge < -0.3 is 9.47 Å². The van der Waals surface area contributed by atoms with Crippen LogP contribution in [0.5, 0.6) is 0 Å². The lowest BCUT2D eigenvalue weighted by molar-refractivity contribution is -0.186. The number of unbranched alkanes of at least 4 members (excludes halogenated alkanes) is 18. The van der Waals surface area contributed by atoms with E-state index in [0.717, 1.165) is 25.7 Å². The smallest absolute Gasteiger partial charge is 0.169 e. The maximum absolute atomic E-state index is 6.75. The first kappa shape index (κ1) is 40.1. The van der Waals surface area contributed by atoms with Crippen LogP contribution < -0.4 is 0 Å². The summed E-state index contributed by atoms with van der Waals surface area (Å²) in [5.74, 6) is -0.274. The molecule has 0 amide bonds. The van der Waals surface area contributed by atoms with Gasteiger partial charge in [0, 0.05) is 12.8 Å². The lowest BCUT2D eigenvalue weighted by Gasteiger charge is -2.28. The summed E-state index contributed by atoms with van der Waals surface area (Å²) in [6.07, 6.45) is 58.1. The van der Waals surface area contributed by atoms with Crippen LogP contribution >= 0.6 is 0 Å². The van der Waals surface area contributed by atoms with Gasteiger partial charge in [-0.15, -0.1) is 0 Å². The zero-order valence-electron chi connectivity index (χ0n) is 30.3. The van der Waals surface area contributed by atoms with Crippen LogP contribution in [0.2, 0.25) is 0 Å². The Morgan fingerprint density at radius 3 is 1.13 bits per heavy atom. The van der Waals surface area contributed by atoms with E-state index in [1.54, 1.807) is 0 Å². The molecule has 0 aromatic carbocycles. The maximum atomic E-state index is 6.75. The average Bonchev–Trinajstić information content (AvgIpc) is 3.43. The van der Waals surface area contributed by atoms with Gasteiger partial charge in [-0.05, 0) is 89.9 Å². The molecular weight excluding hydrogens is 548 g/mol. The summed E-state index contributed by atoms with van der Waals surface area (Å²) in [7, 11) is 0. The summed E-state index contributed by atoms with van der Waals surface area (Å²) in [4.78, 5) is 0. The predicted octanol–water partition coefficient (Wildman–Crippen LogP) is 14.4. The van der Waals surface area contributed by atoms with Crippen molar-refractivity contribution in [1.29, 1.82) is 0 Å². The molecule has 2 atom stereocenters. The van der Waals surface area contributed by atoms with Gasteiger partial charge >= 0.3 is 0 Å². The molecule has 45 heavy (non-hydrogen) atoms. The second-order valence-corrected chi connectivity index (χ2v) is 14.2. The molecule has 0 bridgehead atoms. The third-order valence-electron chi connectivity index (χ3n) is 9.89. The Hall–Kier alpha value is -1.12. The lowest BCUT2D eigenvalue weighted by atomic mass is 9.95. The van der Waals surface area contributed by atoms with Crippen molar-refractivity contribution < 1.29 is 9.47 Å². The third kappa shape index (κ3) is 21.4. The molecule has 0 N–H and O–H groups in total. The summed E-state index contributed by atoms with van der Waals surface area (Å²) >= 11 is 0. The Kier molecular flexibility index (Phi) is 25.9. The minimum Gasteiger partial charge on any atom is -0.344 e. The first-order valence-electron chi connectivity index (χ1n) is 20.3. The Morgan fingerprint density at radius 1 is 0.422 bits per heavy atom. The molecule has 0 unspecified atom stereocenters. The standard InChI is InChI=1S/C43H76O2/c1-3-5-7-9-11-13-15-17-19-21-23-25-27-29-31-35-39-43(44-41-37-33-34-38-42(41)45-43)40-36-32-30-28-26-24-22-20-18-16-14-12-10-8-6-4-2/h11-14,17-20,41-42H,3-10,15-16,21-40H2,1-2H3/b13-11-,14-12-,19-17-,20-18-/t41-,42+. The van der Waals surface area contributed by atoms with Gasteiger partial charge in [0.2, 0.25) is 0 Å². The van der Waals surface area contributed by atoms with E-state index in [9.17, 15) is 0 Å². The highest BCUT2D eigenvalue weighted by atomic mass is 16.8. The zero-order valence-corrected chi connectivity index (χ0v) is 30.3. The summed E-state index contributed by atoms with van der Waals surface area (Å²) in [6, 6.07) is 0. The van der Waals surface area contributed by atoms with E-state index in [0.29, 0.717) is 12.2 Å². The molecule has 260 valence electrons. The molecule has 2 heteroatoms. The van der Waals surface area contributed by atoms with Crippen LogP contribution in [0.4, 0.5) is 0 Å². The molecule has 0 radical (unpaired) electrons. The van der Waals surface area contributed by atoms with Gasteiger partial charge in [-0.3, -0.25) is 0 Å². The van der Waals surface area contributed by atoms with E-state index in [2.05, 4.69) is 62.5 Å². The molecular formula is C43H76O2. The average molecular weight is 625 g/mol. The van der Waals surface area contributed by atoms with Crippen molar-refractivity contribution in [3.63, 3.8) is 0 Å². The van der Waals surface area contributed by atoms with E-state index in [4.69, 9.17) is 9.47 Å². The molecule has 2 fully saturated rings. The molecule has 2 nitrogen and oxygen atoms in total. The zero-order chi connectivity index (χ0) is 31.9. The quantitative estimate of drug-likeness (QED) is 0.0584. The van der Waals surface area contributed by atoms with Gasteiger partial charge in [0.15, 0.2) is 5.79 Å². The van der Waals surface area contributed by atoms with Crippen LogP contribution in [-0.2, 0) is 9.47 Å². The number of hydrogen-bond donors (Lipinski definition) is 0. The third-order valence-corrected chi connectivity index (χ3v) is 9.89. The van der Waals surface area contributed by atoms with Crippen molar-refractivity contribution >= 4 is 0 Å². The van der Waals surface area contributed by atoms with Gasteiger partial charge in [0.05, 0.1) is 12.2 Å². The van der Waals surface area contributed by atoms with Crippen LogP contribution in [-0.4, -0.2) is 18.0 Å². The van der Waals surface area contributed by atoms with E-state index >= 15 is 0 Å². The van der Waals surface area contributed by atoms with Gasteiger partial charge in [-0.2, -0.15) is 0 Å². The van der Waals surface area contributed by atoms with E-state index in [1.165, 1.54) is 167 Å². The van der Waals surface area contributed by atoms with Crippen molar-refractivity contribution in [3.05, 3.63) is 48.6 Å². The first-order chi connectivity index (χ1) is 22.3. The van der Waals surface area contributed by atoms with Crippen LogP contribution in [0.25, 0.3) is 0 Å². The Balaban J connectivity index is 1.50. The fraction of sp³-hybridized carbons (Fsp3) is 0.814. The van der Waals surface area contributed by atoms with E-state index < -0.39 is 0 Å². The fourth-order valence-electron chi connectivity index (χ4n) is 7.04. The molecule has 1 aliphatic carbocycles. The number of fused-ring (bicyclic) bond motifs is 1. The van der Waals surface area contributed by atoms with E-state index in [1.807, 2.05) is 0 Å². The summed E-state index contributed by atoms with van der Waals surface area (Å²) in [5, 5.41) is 0. The van der Waals surface area contributed by atoms with E-state index in [-0.39, 0.29) is 5.79 Å². The topological polar surface area (TPSA) is 18.5 Å². The summed E-state index contributed by atoms with van der Waals surface area (Å²) in [5.41, 5.74) is 0. The van der Waals surface area contributed by atoms with Gasteiger partial charge in [0.25, 0.3) is 0 Å². The highest BCUT2D eigenvalue weighted by Crippen LogP contribution is 2.42. The normalized spacial score (nSPS) is 20.0.